The Morgan fingerprint density at radius 1 is 1.14 bits per heavy atom. The number of urea groups is 1. The number of thiophene rings is 1. The van der Waals surface area contributed by atoms with Gasteiger partial charge in [-0.25, -0.2) is 4.79 Å². The molecule has 1 aromatic heterocycles. The molecule has 1 aliphatic heterocycles. The second kappa shape index (κ2) is 10.1. The van der Waals surface area contributed by atoms with E-state index >= 15 is 0 Å². The second-order valence-electron chi connectivity index (χ2n) is 6.93. The number of benzene rings is 1. The van der Waals surface area contributed by atoms with Gasteiger partial charge < -0.3 is 20.3 Å². The highest BCUT2D eigenvalue weighted by Gasteiger charge is 2.30. The summed E-state index contributed by atoms with van der Waals surface area (Å²) in [5, 5.41) is 7.56. The molecule has 2 aromatic rings. The van der Waals surface area contributed by atoms with Crippen LogP contribution in [-0.2, 0) is 20.9 Å². The van der Waals surface area contributed by atoms with E-state index in [0.29, 0.717) is 32.5 Å². The van der Waals surface area contributed by atoms with Gasteiger partial charge in [-0.3, -0.25) is 9.59 Å². The van der Waals surface area contributed by atoms with Crippen LogP contribution >= 0.6 is 11.3 Å². The molecule has 3 amide bonds. The minimum Gasteiger partial charge on any atom is -0.452 e. The third kappa shape index (κ3) is 6.05. The number of nitrogens with zero attached hydrogens (tertiary/aromatic N) is 1. The van der Waals surface area contributed by atoms with Crippen molar-refractivity contribution in [1.82, 2.24) is 10.2 Å². The van der Waals surface area contributed by atoms with Crippen molar-refractivity contribution < 1.29 is 19.1 Å². The molecule has 0 bridgehead atoms. The van der Waals surface area contributed by atoms with Gasteiger partial charge in [0, 0.05) is 23.7 Å². The SMILES string of the molecule is C[C@@H](OC(=O)C1CCN(C(=O)Nc2ccccc2)CC1)C(=O)NCc1cccs1. The number of rotatable bonds is 6. The van der Waals surface area contributed by atoms with E-state index in [9.17, 15) is 14.4 Å². The molecule has 8 heteroatoms. The lowest BCUT2D eigenvalue weighted by Crippen LogP contribution is -2.44. The van der Waals surface area contributed by atoms with E-state index in [1.165, 1.54) is 0 Å². The third-order valence-corrected chi connectivity index (χ3v) is 5.70. The summed E-state index contributed by atoms with van der Waals surface area (Å²) in [6.07, 6.45) is 0.191. The molecular weight excluding hydrogens is 390 g/mol. The summed E-state index contributed by atoms with van der Waals surface area (Å²) in [6, 6.07) is 12.9. The zero-order chi connectivity index (χ0) is 20.6. The van der Waals surface area contributed by atoms with Gasteiger partial charge in [-0.05, 0) is 43.3 Å². The smallest absolute Gasteiger partial charge is 0.321 e. The summed E-state index contributed by atoms with van der Waals surface area (Å²) >= 11 is 1.56. The number of likely N-dealkylation sites (tertiary alicyclic amines) is 1. The van der Waals surface area contributed by atoms with Gasteiger partial charge in [-0.2, -0.15) is 0 Å². The first-order valence-electron chi connectivity index (χ1n) is 9.64. The van der Waals surface area contributed by atoms with Crippen molar-refractivity contribution in [2.24, 2.45) is 5.92 Å². The summed E-state index contributed by atoms with van der Waals surface area (Å²) in [4.78, 5) is 39.6. The number of hydrogen-bond donors (Lipinski definition) is 2. The summed E-state index contributed by atoms with van der Waals surface area (Å²) in [5.41, 5.74) is 0.737. The van der Waals surface area contributed by atoms with E-state index in [1.807, 2.05) is 47.8 Å². The number of hydrogen-bond acceptors (Lipinski definition) is 5. The Bertz CT molecular complexity index is 818. The van der Waals surface area contributed by atoms with E-state index < -0.39 is 6.10 Å². The average Bonchev–Trinajstić information content (AvgIpc) is 3.26. The van der Waals surface area contributed by atoms with Crippen molar-refractivity contribution in [2.45, 2.75) is 32.4 Å². The highest BCUT2D eigenvalue weighted by Crippen LogP contribution is 2.20. The van der Waals surface area contributed by atoms with Gasteiger partial charge in [0.2, 0.25) is 0 Å². The van der Waals surface area contributed by atoms with E-state index in [4.69, 9.17) is 4.74 Å². The van der Waals surface area contributed by atoms with Gasteiger partial charge in [0.25, 0.3) is 5.91 Å². The van der Waals surface area contributed by atoms with Crippen molar-refractivity contribution >= 4 is 34.9 Å². The third-order valence-electron chi connectivity index (χ3n) is 4.82. The van der Waals surface area contributed by atoms with Crippen LogP contribution in [0.2, 0.25) is 0 Å². The van der Waals surface area contributed by atoms with E-state index in [0.717, 1.165) is 10.6 Å². The fourth-order valence-electron chi connectivity index (χ4n) is 3.10. The van der Waals surface area contributed by atoms with Crippen LogP contribution in [0.3, 0.4) is 0 Å². The molecule has 1 aromatic carbocycles. The number of ether oxygens (including phenoxy) is 1. The van der Waals surface area contributed by atoms with Crippen molar-refractivity contribution in [3.8, 4) is 0 Å². The number of para-hydroxylation sites is 1. The standard InChI is InChI=1S/C21H25N3O4S/c1-15(19(25)22-14-18-8-5-13-29-18)28-20(26)16-9-11-24(12-10-16)21(27)23-17-6-3-2-4-7-17/h2-8,13,15-16H,9-12,14H2,1H3,(H,22,25)(H,23,27)/t15-/m1/s1. The first-order chi connectivity index (χ1) is 14.0. The van der Waals surface area contributed by atoms with Crippen LogP contribution in [0.4, 0.5) is 10.5 Å². The molecule has 0 aliphatic carbocycles. The Labute approximate surface area is 174 Å². The lowest BCUT2D eigenvalue weighted by Gasteiger charge is -2.31. The minimum absolute atomic E-state index is 0.177. The Morgan fingerprint density at radius 3 is 2.52 bits per heavy atom. The summed E-state index contributed by atoms with van der Waals surface area (Å²) in [6.45, 7) is 2.94. The maximum Gasteiger partial charge on any atom is 0.321 e. The molecule has 29 heavy (non-hydrogen) atoms. The Morgan fingerprint density at radius 2 is 1.86 bits per heavy atom. The van der Waals surface area contributed by atoms with Gasteiger partial charge in [-0.1, -0.05) is 24.3 Å². The van der Waals surface area contributed by atoms with Crippen LogP contribution in [0.1, 0.15) is 24.6 Å². The van der Waals surface area contributed by atoms with E-state index in [2.05, 4.69) is 10.6 Å². The van der Waals surface area contributed by atoms with E-state index in [-0.39, 0.29) is 23.8 Å². The Hall–Kier alpha value is -2.87. The van der Waals surface area contributed by atoms with Crippen molar-refractivity contribution in [3.05, 3.63) is 52.7 Å². The molecule has 1 aliphatic rings. The monoisotopic (exact) mass is 415 g/mol. The molecule has 1 atom stereocenters. The molecular formula is C21H25N3O4S. The largest absolute Gasteiger partial charge is 0.452 e. The van der Waals surface area contributed by atoms with Crippen LogP contribution in [0.15, 0.2) is 47.8 Å². The van der Waals surface area contributed by atoms with Gasteiger partial charge in [0.05, 0.1) is 12.5 Å². The number of amides is 3. The van der Waals surface area contributed by atoms with Crippen molar-refractivity contribution in [1.29, 1.82) is 0 Å². The molecule has 154 valence electrons. The summed E-state index contributed by atoms with van der Waals surface area (Å²) in [7, 11) is 0. The number of carbonyl (C=O) groups excluding carboxylic acids is 3. The Kier molecular flexibility index (Phi) is 7.24. The number of carbonyl (C=O) groups is 3. The number of anilines is 1. The molecule has 0 unspecified atom stereocenters. The summed E-state index contributed by atoms with van der Waals surface area (Å²) < 4.78 is 5.35. The van der Waals surface area contributed by atoms with Crippen LogP contribution in [0, 0.1) is 5.92 Å². The number of piperidine rings is 1. The fraction of sp³-hybridized carbons (Fsp3) is 0.381. The summed E-state index contributed by atoms with van der Waals surface area (Å²) in [5.74, 6) is -0.998. The Balaban J connectivity index is 1.40. The minimum atomic E-state index is -0.845. The molecule has 7 nitrogen and oxygen atoms in total. The van der Waals surface area contributed by atoms with Crippen LogP contribution in [-0.4, -0.2) is 42.0 Å². The van der Waals surface area contributed by atoms with Gasteiger partial charge in [-0.15, -0.1) is 11.3 Å². The average molecular weight is 416 g/mol. The predicted molar refractivity (Wildman–Crippen MR) is 111 cm³/mol. The zero-order valence-corrected chi connectivity index (χ0v) is 17.1. The van der Waals surface area contributed by atoms with Gasteiger partial charge in [0.15, 0.2) is 6.10 Å². The number of esters is 1. The zero-order valence-electron chi connectivity index (χ0n) is 16.3. The first-order valence-corrected chi connectivity index (χ1v) is 10.5. The van der Waals surface area contributed by atoms with Gasteiger partial charge in [0.1, 0.15) is 0 Å². The fourth-order valence-corrected chi connectivity index (χ4v) is 3.74. The molecule has 2 heterocycles. The molecule has 0 spiro atoms. The lowest BCUT2D eigenvalue weighted by atomic mass is 9.97. The second-order valence-corrected chi connectivity index (χ2v) is 7.97. The van der Waals surface area contributed by atoms with Crippen molar-refractivity contribution in [2.75, 3.05) is 18.4 Å². The van der Waals surface area contributed by atoms with Crippen LogP contribution < -0.4 is 10.6 Å². The first kappa shape index (κ1) is 20.9. The molecule has 0 radical (unpaired) electrons. The molecule has 2 N–H and O–H groups in total. The molecule has 1 saturated heterocycles. The topological polar surface area (TPSA) is 87.7 Å². The van der Waals surface area contributed by atoms with Gasteiger partial charge >= 0.3 is 12.0 Å². The predicted octanol–water partition coefficient (Wildman–Crippen LogP) is 3.24. The molecule has 1 fully saturated rings. The maximum absolute atomic E-state index is 12.4. The van der Waals surface area contributed by atoms with E-state index in [1.54, 1.807) is 23.2 Å². The molecule has 3 rings (SSSR count). The number of nitrogens with one attached hydrogen (secondary N) is 2. The highest BCUT2D eigenvalue weighted by atomic mass is 32.1. The quantitative estimate of drug-likeness (QED) is 0.709. The normalized spacial score (nSPS) is 15.4. The maximum atomic E-state index is 12.4. The lowest BCUT2D eigenvalue weighted by molar-refractivity contribution is -0.160. The molecule has 0 saturated carbocycles. The highest BCUT2D eigenvalue weighted by molar-refractivity contribution is 7.09. The van der Waals surface area contributed by atoms with Crippen molar-refractivity contribution in [3.63, 3.8) is 0 Å². The van der Waals surface area contributed by atoms with Crippen LogP contribution in [0.25, 0.3) is 0 Å². The van der Waals surface area contributed by atoms with Crippen LogP contribution in [0.5, 0.6) is 0 Å².